The summed E-state index contributed by atoms with van der Waals surface area (Å²) in [6.45, 7) is 3.01. The minimum Gasteiger partial charge on any atom is -0.545 e. The number of carbonyl (C=O) groups is 2. The number of carbonyl (C=O) groups excluding carboxylic acids is 2. The lowest BCUT2D eigenvalue weighted by atomic mass is 10.0. The molecule has 5 nitrogen and oxygen atoms in total. The molecule has 1 aromatic rings. The molecule has 0 aliphatic carbocycles. The molecule has 5 heteroatoms. The molecule has 2 N–H and O–H groups in total. The van der Waals surface area contributed by atoms with Crippen molar-refractivity contribution >= 4 is 11.9 Å². The van der Waals surface area contributed by atoms with Crippen molar-refractivity contribution in [2.75, 3.05) is 13.1 Å². The first kappa shape index (κ1) is 15.3. The first-order valence-electron chi connectivity index (χ1n) is 7.20. The van der Waals surface area contributed by atoms with Crippen LogP contribution < -0.4 is 15.3 Å². The van der Waals surface area contributed by atoms with Gasteiger partial charge in [0.05, 0.1) is 19.1 Å². The Hall–Kier alpha value is -2.14. The number of aliphatic carboxylic acids is 1. The molecule has 0 atom stereocenters. The smallest absolute Gasteiger partial charge is 0.244 e. The Morgan fingerprint density at radius 2 is 1.86 bits per heavy atom. The monoisotopic (exact) mass is 288 g/mol. The first-order chi connectivity index (χ1) is 10.1. The molecule has 0 radical (unpaired) electrons. The van der Waals surface area contributed by atoms with Crippen LogP contribution in [-0.2, 0) is 16.1 Å². The Morgan fingerprint density at radius 3 is 2.48 bits per heavy atom. The van der Waals surface area contributed by atoms with Gasteiger partial charge >= 0.3 is 0 Å². The molecule has 0 aromatic heterocycles. The maximum atomic E-state index is 11.5. The van der Waals surface area contributed by atoms with E-state index in [2.05, 4.69) is 17.4 Å². The maximum absolute atomic E-state index is 11.5. The standard InChI is InChI=1S/C16H20N2O3/c19-15(6-7-16(20)21)17-14-8-10-18(11-9-14)12-13-4-2-1-3-5-13/h1-7,14H,8-12H2,(H,17,19)(H,20,21)/b7-6+. The summed E-state index contributed by atoms with van der Waals surface area (Å²) in [4.78, 5) is 23.2. The number of carboxylic acid groups (broad SMARTS) is 1. The van der Waals surface area contributed by atoms with Crippen LogP contribution in [0.25, 0.3) is 0 Å². The lowest BCUT2D eigenvalue weighted by Crippen LogP contribution is -3.12. The molecule has 1 saturated heterocycles. The van der Waals surface area contributed by atoms with Gasteiger partial charge in [0.2, 0.25) is 5.91 Å². The Bertz CT molecular complexity index is 506. The van der Waals surface area contributed by atoms with E-state index in [0.29, 0.717) is 0 Å². The van der Waals surface area contributed by atoms with Gasteiger partial charge in [0.15, 0.2) is 0 Å². The number of carboxylic acids is 1. The quantitative estimate of drug-likeness (QED) is 0.658. The summed E-state index contributed by atoms with van der Waals surface area (Å²) in [5.41, 5.74) is 1.33. The van der Waals surface area contributed by atoms with Crippen molar-refractivity contribution in [1.82, 2.24) is 5.32 Å². The average Bonchev–Trinajstić information content (AvgIpc) is 2.48. The van der Waals surface area contributed by atoms with Crippen molar-refractivity contribution in [1.29, 1.82) is 0 Å². The molecule has 0 spiro atoms. The highest BCUT2D eigenvalue weighted by Crippen LogP contribution is 2.01. The van der Waals surface area contributed by atoms with Gasteiger partial charge in [-0.15, -0.1) is 0 Å². The predicted molar refractivity (Wildman–Crippen MR) is 76.2 cm³/mol. The van der Waals surface area contributed by atoms with Crippen LogP contribution in [0.5, 0.6) is 0 Å². The SMILES string of the molecule is O=C([O-])/C=C/C(=O)NC1CC[NH+](Cc2ccccc2)CC1. The van der Waals surface area contributed by atoms with E-state index < -0.39 is 5.97 Å². The minimum atomic E-state index is -1.35. The summed E-state index contributed by atoms with van der Waals surface area (Å²) in [5, 5.41) is 13.1. The van der Waals surface area contributed by atoms with Crippen LogP contribution in [0.3, 0.4) is 0 Å². The Balaban J connectivity index is 1.73. The van der Waals surface area contributed by atoms with E-state index in [-0.39, 0.29) is 11.9 Å². The van der Waals surface area contributed by atoms with Crippen molar-refractivity contribution < 1.29 is 19.6 Å². The number of benzene rings is 1. The number of rotatable bonds is 5. The second-order valence-electron chi connectivity index (χ2n) is 5.35. The van der Waals surface area contributed by atoms with Crippen molar-refractivity contribution in [2.24, 2.45) is 0 Å². The van der Waals surface area contributed by atoms with E-state index in [1.165, 1.54) is 10.5 Å². The number of nitrogens with one attached hydrogen (secondary N) is 2. The molecule has 21 heavy (non-hydrogen) atoms. The molecular weight excluding hydrogens is 268 g/mol. The Kier molecular flexibility index (Phi) is 5.51. The maximum Gasteiger partial charge on any atom is 0.244 e. The molecule has 0 unspecified atom stereocenters. The van der Waals surface area contributed by atoms with Gasteiger partial charge in [-0.1, -0.05) is 30.3 Å². The van der Waals surface area contributed by atoms with Crippen LogP contribution >= 0.6 is 0 Å². The summed E-state index contributed by atoms with van der Waals surface area (Å²) in [6.07, 6.45) is 3.59. The normalized spacial score (nSPS) is 22.1. The number of amides is 1. The van der Waals surface area contributed by atoms with Gasteiger partial charge < -0.3 is 20.1 Å². The van der Waals surface area contributed by atoms with Crippen LogP contribution in [0.2, 0.25) is 0 Å². The van der Waals surface area contributed by atoms with Gasteiger partial charge in [-0.3, -0.25) is 4.79 Å². The third-order valence-corrected chi connectivity index (χ3v) is 3.71. The van der Waals surface area contributed by atoms with Gasteiger partial charge in [-0.05, 0) is 6.08 Å². The van der Waals surface area contributed by atoms with Crippen LogP contribution in [0, 0.1) is 0 Å². The molecule has 0 saturated carbocycles. The van der Waals surface area contributed by atoms with Crippen molar-refractivity contribution in [3.05, 3.63) is 48.0 Å². The number of hydrogen-bond donors (Lipinski definition) is 2. The molecule has 1 fully saturated rings. The van der Waals surface area contributed by atoms with Crippen molar-refractivity contribution in [3.8, 4) is 0 Å². The second kappa shape index (κ2) is 7.59. The van der Waals surface area contributed by atoms with E-state index >= 15 is 0 Å². The summed E-state index contributed by atoms with van der Waals surface area (Å²) < 4.78 is 0. The van der Waals surface area contributed by atoms with E-state index in [4.69, 9.17) is 0 Å². The fourth-order valence-corrected chi connectivity index (χ4v) is 2.62. The molecular formula is C16H20N2O3. The van der Waals surface area contributed by atoms with Crippen molar-refractivity contribution in [2.45, 2.75) is 25.4 Å². The largest absolute Gasteiger partial charge is 0.545 e. The molecule has 1 heterocycles. The lowest BCUT2D eigenvalue weighted by Gasteiger charge is -2.29. The fraction of sp³-hybridized carbons (Fsp3) is 0.375. The molecule has 0 bridgehead atoms. The van der Waals surface area contributed by atoms with Gasteiger partial charge in [0.1, 0.15) is 6.54 Å². The third kappa shape index (κ3) is 5.39. The molecule has 112 valence electrons. The molecule has 1 aliphatic heterocycles. The minimum absolute atomic E-state index is 0.128. The molecule has 2 rings (SSSR count). The van der Waals surface area contributed by atoms with E-state index in [1.807, 2.05) is 18.2 Å². The zero-order valence-corrected chi connectivity index (χ0v) is 11.9. The van der Waals surface area contributed by atoms with Gasteiger partial charge in [-0.2, -0.15) is 0 Å². The first-order valence-corrected chi connectivity index (χ1v) is 7.20. The van der Waals surface area contributed by atoms with Crippen molar-refractivity contribution in [3.63, 3.8) is 0 Å². The number of hydrogen-bond acceptors (Lipinski definition) is 3. The topological polar surface area (TPSA) is 73.7 Å². The Labute approximate surface area is 124 Å². The molecule has 1 aromatic carbocycles. The highest BCUT2D eigenvalue weighted by Gasteiger charge is 2.22. The van der Waals surface area contributed by atoms with Crippen LogP contribution in [0.15, 0.2) is 42.5 Å². The highest BCUT2D eigenvalue weighted by atomic mass is 16.4. The van der Waals surface area contributed by atoms with Gasteiger partial charge in [0, 0.05) is 30.5 Å². The molecule has 1 aliphatic rings. The predicted octanol–water partition coefficient (Wildman–Crippen LogP) is -1.34. The second-order valence-corrected chi connectivity index (χ2v) is 5.35. The van der Waals surface area contributed by atoms with Gasteiger partial charge in [-0.25, -0.2) is 0 Å². The van der Waals surface area contributed by atoms with E-state index in [9.17, 15) is 14.7 Å². The zero-order valence-electron chi connectivity index (χ0n) is 11.9. The van der Waals surface area contributed by atoms with Gasteiger partial charge in [0.25, 0.3) is 0 Å². The van der Waals surface area contributed by atoms with E-state index in [1.54, 1.807) is 0 Å². The third-order valence-electron chi connectivity index (χ3n) is 3.71. The van der Waals surface area contributed by atoms with E-state index in [0.717, 1.165) is 44.6 Å². The summed E-state index contributed by atoms with van der Waals surface area (Å²) in [6, 6.07) is 10.5. The average molecular weight is 288 g/mol. The van der Waals surface area contributed by atoms with Crippen LogP contribution in [0.1, 0.15) is 18.4 Å². The fourth-order valence-electron chi connectivity index (χ4n) is 2.62. The molecule has 1 amide bonds. The number of quaternary nitrogens is 1. The van der Waals surface area contributed by atoms with Crippen LogP contribution in [-0.4, -0.2) is 31.0 Å². The summed E-state index contributed by atoms with van der Waals surface area (Å²) in [5.74, 6) is -1.72. The lowest BCUT2D eigenvalue weighted by molar-refractivity contribution is -0.918. The Morgan fingerprint density at radius 1 is 1.19 bits per heavy atom. The zero-order chi connectivity index (χ0) is 15.1. The number of likely N-dealkylation sites (tertiary alicyclic amines) is 1. The van der Waals surface area contributed by atoms with Crippen LogP contribution in [0.4, 0.5) is 0 Å². The summed E-state index contributed by atoms with van der Waals surface area (Å²) in [7, 11) is 0. The summed E-state index contributed by atoms with van der Waals surface area (Å²) >= 11 is 0. The highest BCUT2D eigenvalue weighted by molar-refractivity contribution is 5.93. The number of piperidine rings is 1.